The molecule has 0 saturated carbocycles. The van der Waals surface area contributed by atoms with Crippen LogP contribution in [0.5, 0.6) is 0 Å². The summed E-state index contributed by atoms with van der Waals surface area (Å²) < 4.78 is 5.33. The van der Waals surface area contributed by atoms with Crippen molar-refractivity contribution in [2.75, 3.05) is 38.3 Å². The summed E-state index contributed by atoms with van der Waals surface area (Å²) in [5.41, 5.74) is 2.79. The molecule has 1 aliphatic heterocycles. The van der Waals surface area contributed by atoms with Crippen LogP contribution in [0.15, 0.2) is 35.8 Å². The van der Waals surface area contributed by atoms with Gasteiger partial charge < -0.3 is 14.6 Å². The lowest BCUT2D eigenvalue weighted by Gasteiger charge is -2.31. The van der Waals surface area contributed by atoms with Crippen LogP contribution < -0.4 is 4.90 Å². The Balaban J connectivity index is 1.69. The van der Waals surface area contributed by atoms with Crippen LogP contribution in [0.4, 0.5) is 10.5 Å². The number of H-pyrrole nitrogens is 1. The number of ether oxygens (including phenoxy) is 1. The fourth-order valence-corrected chi connectivity index (χ4v) is 3.57. The van der Waals surface area contributed by atoms with Gasteiger partial charge in [0.15, 0.2) is 0 Å². The molecule has 1 aliphatic rings. The molecule has 0 spiro atoms. The first-order valence-electron chi connectivity index (χ1n) is 7.86. The Morgan fingerprint density at radius 1 is 1.38 bits per heavy atom. The zero-order chi connectivity index (χ0) is 16.5. The predicted molar refractivity (Wildman–Crippen MR) is 95.6 cm³/mol. The molecular formula is C17H18N4O2S. The van der Waals surface area contributed by atoms with E-state index in [1.807, 2.05) is 35.5 Å². The highest BCUT2D eigenvalue weighted by atomic mass is 32.1. The van der Waals surface area contributed by atoms with Gasteiger partial charge >= 0.3 is 6.03 Å². The molecule has 1 saturated heterocycles. The number of nitrogens with one attached hydrogen (secondary N) is 1. The molecule has 2 amide bonds. The fraction of sp³-hybridized carbons (Fsp3) is 0.294. The number of amides is 2. The van der Waals surface area contributed by atoms with Crippen molar-refractivity contribution >= 4 is 34.0 Å². The number of anilines is 1. The molecule has 1 fully saturated rings. The molecule has 24 heavy (non-hydrogen) atoms. The minimum absolute atomic E-state index is 0.00352. The molecule has 7 heteroatoms. The van der Waals surface area contributed by atoms with Gasteiger partial charge in [-0.1, -0.05) is 12.1 Å². The van der Waals surface area contributed by atoms with Crippen molar-refractivity contribution in [3.63, 3.8) is 0 Å². The number of carbonyl (C=O) groups is 1. The monoisotopic (exact) mass is 342 g/mol. The standard InChI is InChI=1S/C17H18N4O2S/c1-20(17(22)21-6-8-23-9-7-21)14-4-2-3-12-11-13(19-15(12)14)16-18-5-10-24-16/h2-5,10-11,19H,6-9H2,1H3. The number of thiazole rings is 1. The van der Waals surface area contributed by atoms with E-state index in [2.05, 4.69) is 16.0 Å². The third-order valence-electron chi connectivity index (χ3n) is 4.23. The second-order valence-electron chi connectivity index (χ2n) is 5.70. The number of rotatable bonds is 2. The van der Waals surface area contributed by atoms with Gasteiger partial charge in [-0.25, -0.2) is 9.78 Å². The Morgan fingerprint density at radius 3 is 2.96 bits per heavy atom. The van der Waals surface area contributed by atoms with Crippen LogP contribution in [-0.2, 0) is 4.74 Å². The highest BCUT2D eigenvalue weighted by Crippen LogP contribution is 2.31. The maximum atomic E-state index is 12.7. The van der Waals surface area contributed by atoms with Crippen LogP contribution in [0.25, 0.3) is 21.6 Å². The van der Waals surface area contributed by atoms with Crippen molar-refractivity contribution < 1.29 is 9.53 Å². The van der Waals surface area contributed by atoms with Crippen LogP contribution in [0.1, 0.15) is 0 Å². The Bertz CT molecular complexity index is 853. The lowest BCUT2D eigenvalue weighted by Crippen LogP contribution is -2.47. The van der Waals surface area contributed by atoms with Crippen LogP contribution in [0, 0.1) is 0 Å². The molecule has 0 radical (unpaired) electrons. The lowest BCUT2D eigenvalue weighted by molar-refractivity contribution is 0.0551. The van der Waals surface area contributed by atoms with Gasteiger partial charge in [0, 0.05) is 37.1 Å². The number of urea groups is 1. The maximum Gasteiger partial charge on any atom is 0.324 e. The second kappa shape index (κ2) is 6.26. The SMILES string of the molecule is CN(C(=O)N1CCOCC1)c1cccc2cc(-c3nccs3)[nH]c12. The second-order valence-corrected chi connectivity index (χ2v) is 6.60. The molecule has 6 nitrogen and oxygen atoms in total. The van der Waals surface area contributed by atoms with E-state index in [0.717, 1.165) is 27.3 Å². The summed E-state index contributed by atoms with van der Waals surface area (Å²) in [4.78, 5) is 24.0. The zero-order valence-corrected chi connectivity index (χ0v) is 14.2. The van der Waals surface area contributed by atoms with Crippen molar-refractivity contribution in [3.05, 3.63) is 35.8 Å². The number of aromatic nitrogens is 2. The lowest BCUT2D eigenvalue weighted by atomic mass is 10.2. The number of morpholine rings is 1. The summed E-state index contributed by atoms with van der Waals surface area (Å²) in [6.07, 6.45) is 1.79. The number of hydrogen-bond acceptors (Lipinski definition) is 4. The maximum absolute atomic E-state index is 12.7. The number of fused-ring (bicyclic) bond motifs is 1. The first kappa shape index (κ1) is 15.2. The molecule has 3 aromatic rings. The van der Waals surface area contributed by atoms with Crippen molar-refractivity contribution in [2.24, 2.45) is 0 Å². The van der Waals surface area contributed by atoms with Gasteiger partial charge in [0.1, 0.15) is 5.01 Å². The molecular weight excluding hydrogens is 324 g/mol. The van der Waals surface area contributed by atoms with Gasteiger partial charge in [-0.05, 0) is 12.1 Å². The van der Waals surface area contributed by atoms with Crippen molar-refractivity contribution in [1.29, 1.82) is 0 Å². The van der Waals surface area contributed by atoms with Gasteiger partial charge in [0.25, 0.3) is 0 Å². The topological polar surface area (TPSA) is 61.5 Å². The number of aromatic amines is 1. The Labute approximate surface area is 143 Å². The number of benzene rings is 1. The summed E-state index contributed by atoms with van der Waals surface area (Å²) in [5, 5.41) is 3.97. The van der Waals surface area contributed by atoms with Crippen LogP contribution in [0.3, 0.4) is 0 Å². The highest BCUT2D eigenvalue weighted by molar-refractivity contribution is 7.13. The number of hydrogen-bond donors (Lipinski definition) is 1. The molecule has 0 aliphatic carbocycles. The zero-order valence-electron chi connectivity index (χ0n) is 13.4. The molecule has 124 valence electrons. The van der Waals surface area contributed by atoms with Crippen molar-refractivity contribution in [3.8, 4) is 10.7 Å². The van der Waals surface area contributed by atoms with Crippen LogP contribution in [0.2, 0.25) is 0 Å². The van der Waals surface area contributed by atoms with Crippen LogP contribution >= 0.6 is 11.3 Å². The van der Waals surface area contributed by atoms with Gasteiger partial charge in [0.2, 0.25) is 0 Å². The first-order chi connectivity index (χ1) is 11.7. The van der Waals surface area contributed by atoms with Crippen LogP contribution in [-0.4, -0.2) is 54.2 Å². The molecule has 4 rings (SSSR count). The molecule has 2 aromatic heterocycles. The molecule has 0 atom stereocenters. The molecule has 0 unspecified atom stereocenters. The van der Waals surface area contributed by atoms with Gasteiger partial charge in [-0.15, -0.1) is 11.3 Å². The van der Waals surface area contributed by atoms with Crippen molar-refractivity contribution in [2.45, 2.75) is 0 Å². The van der Waals surface area contributed by atoms with E-state index >= 15 is 0 Å². The Hall–Kier alpha value is -2.38. The summed E-state index contributed by atoms with van der Waals surface area (Å²) in [5.74, 6) is 0. The minimum atomic E-state index is -0.00352. The third kappa shape index (κ3) is 2.65. The quantitative estimate of drug-likeness (QED) is 0.778. The third-order valence-corrected chi connectivity index (χ3v) is 5.03. The molecule has 1 aromatic carbocycles. The van der Waals surface area contributed by atoms with Gasteiger partial charge in [-0.2, -0.15) is 0 Å². The molecule has 3 heterocycles. The fourth-order valence-electron chi connectivity index (χ4n) is 2.96. The normalized spacial score (nSPS) is 15.0. The molecule has 1 N–H and O–H groups in total. The summed E-state index contributed by atoms with van der Waals surface area (Å²) in [7, 11) is 1.82. The highest BCUT2D eigenvalue weighted by Gasteiger charge is 2.23. The smallest absolute Gasteiger partial charge is 0.324 e. The van der Waals surface area contributed by atoms with E-state index in [1.165, 1.54) is 0 Å². The Kier molecular flexibility index (Phi) is 3.95. The first-order valence-corrected chi connectivity index (χ1v) is 8.74. The van der Waals surface area contributed by atoms with E-state index in [0.29, 0.717) is 26.3 Å². The van der Waals surface area contributed by atoms with E-state index in [4.69, 9.17) is 4.74 Å². The number of carbonyl (C=O) groups excluding carboxylic acids is 1. The van der Waals surface area contributed by atoms with Gasteiger partial charge in [-0.3, -0.25) is 4.90 Å². The van der Waals surface area contributed by atoms with Crippen molar-refractivity contribution in [1.82, 2.24) is 14.9 Å². The summed E-state index contributed by atoms with van der Waals surface area (Å²) in [6, 6.07) is 8.05. The summed E-state index contributed by atoms with van der Waals surface area (Å²) in [6.45, 7) is 2.46. The Morgan fingerprint density at radius 2 is 2.21 bits per heavy atom. The predicted octanol–water partition coefficient (Wildman–Crippen LogP) is 3.18. The van der Waals surface area contributed by atoms with E-state index in [-0.39, 0.29) is 6.03 Å². The largest absolute Gasteiger partial charge is 0.378 e. The average Bonchev–Trinajstić information content (AvgIpc) is 3.29. The number of nitrogens with zero attached hydrogens (tertiary/aromatic N) is 3. The van der Waals surface area contributed by atoms with E-state index in [1.54, 1.807) is 22.4 Å². The molecule has 0 bridgehead atoms. The van der Waals surface area contributed by atoms with Gasteiger partial charge in [0.05, 0.1) is 30.1 Å². The van der Waals surface area contributed by atoms with E-state index in [9.17, 15) is 4.79 Å². The van der Waals surface area contributed by atoms with E-state index < -0.39 is 0 Å². The minimum Gasteiger partial charge on any atom is -0.378 e. The number of para-hydroxylation sites is 1. The average molecular weight is 342 g/mol. The summed E-state index contributed by atoms with van der Waals surface area (Å²) >= 11 is 1.59.